The minimum absolute atomic E-state index is 0.00649. The van der Waals surface area contributed by atoms with Gasteiger partial charge in [0.2, 0.25) is 0 Å². The summed E-state index contributed by atoms with van der Waals surface area (Å²) in [7, 11) is 0. The van der Waals surface area contributed by atoms with Gasteiger partial charge >= 0.3 is 0 Å². The van der Waals surface area contributed by atoms with E-state index in [4.69, 9.17) is 11.6 Å². The van der Waals surface area contributed by atoms with E-state index in [1.165, 1.54) is 5.56 Å². The molecule has 6 heteroatoms. The average Bonchev–Trinajstić information content (AvgIpc) is 3.25. The molecule has 1 heterocycles. The molecule has 34 heavy (non-hydrogen) atoms. The van der Waals surface area contributed by atoms with Crippen molar-refractivity contribution >= 4 is 28.4 Å². The molecule has 1 amide bonds. The molecular formula is C28H27ClF2N2O. The van der Waals surface area contributed by atoms with Gasteiger partial charge in [-0.2, -0.15) is 0 Å². The van der Waals surface area contributed by atoms with Crippen molar-refractivity contribution in [2.45, 2.75) is 39.2 Å². The Hall–Kier alpha value is -3.18. The number of hydrogen-bond donors (Lipinski definition) is 1. The van der Waals surface area contributed by atoms with Gasteiger partial charge in [0.25, 0.3) is 5.91 Å². The minimum atomic E-state index is -1.14. The fourth-order valence-corrected chi connectivity index (χ4v) is 4.13. The monoisotopic (exact) mass is 480 g/mol. The standard InChI is InChI=1S/C28H27ClF2N2O/c1-28(2,3)21-8-4-19(5-9-21)17-33(15-13-18-6-10-22(29)11-7-18)27(34)24-25(31)23(30)16-20-12-14-32-26(20)24/h4-12,14,16,32H,13,15,17H2,1-3H3. The maximum absolute atomic E-state index is 14.9. The van der Waals surface area contributed by atoms with Crippen LogP contribution in [0.4, 0.5) is 8.78 Å². The van der Waals surface area contributed by atoms with E-state index in [-0.39, 0.29) is 17.5 Å². The first-order valence-corrected chi connectivity index (χ1v) is 11.6. The summed E-state index contributed by atoms with van der Waals surface area (Å²) in [4.78, 5) is 18.1. The van der Waals surface area contributed by atoms with E-state index in [0.29, 0.717) is 28.9 Å². The number of halogens is 3. The Morgan fingerprint density at radius 3 is 2.26 bits per heavy atom. The number of carbonyl (C=O) groups is 1. The summed E-state index contributed by atoms with van der Waals surface area (Å²) in [6.07, 6.45) is 2.12. The molecule has 0 unspecified atom stereocenters. The lowest BCUT2D eigenvalue weighted by Crippen LogP contribution is -2.33. The second kappa shape index (κ2) is 9.59. The van der Waals surface area contributed by atoms with Crippen molar-refractivity contribution in [1.82, 2.24) is 9.88 Å². The Bertz CT molecular complexity index is 1310. The molecule has 3 nitrogen and oxygen atoms in total. The summed E-state index contributed by atoms with van der Waals surface area (Å²) < 4.78 is 29.2. The summed E-state index contributed by atoms with van der Waals surface area (Å²) in [5.74, 6) is -2.74. The predicted molar refractivity (Wildman–Crippen MR) is 133 cm³/mol. The third-order valence-corrected chi connectivity index (χ3v) is 6.27. The van der Waals surface area contributed by atoms with Crippen LogP contribution < -0.4 is 0 Å². The molecule has 0 atom stereocenters. The van der Waals surface area contributed by atoms with E-state index in [1.807, 2.05) is 36.4 Å². The summed E-state index contributed by atoms with van der Waals surface area (Å²) in [6.45, 7) is 7.02. The van der Waals surface area contributed by atoms with Crippen LogP contribution in [0.3, 0.4) is 0 Å². The topological polar surface area (TPSA) is 36.1 Å². The molecule has 0 bridgehead atoms. The van der Waals surface area contributed by atoms with Crippen molar-refractivity contribution in [2.24, 2.45) is 0 Å². The van der Waals surface area contributed by atoms with Crippen LogP contribution in [-0.4, -0.2) is 22.3 Å². The van der Waals surface area contributed by atoms with E-state index in [2.05, 4.69) is 25.8 Å². The van der Waals surface area contributed by atoms with Gasteiger partial charge in [0, 0.05) is 29.7 Å². The number of nitrogens with one attached hydrogen (secondary N) is 1. The SMILES string of the molecule is CC(C)(C)c1ccc(CN(CCc2ccc(Cl)cc2)C(=O)c2c(F)c(F)cc3cc[nH]c23)cc1. The second-order valence-electron chi connectivity index (χ2n) is 9.54. The van der Waals surface area contributed by atoms with Crippen LogP contribution in [0.1, 0.15) is 47.8 Å². The number of benzene rings is 3. The molecule has 3 aromatic carbocycles. The zero-order valence-corrected chi connectivity index (χ0v) is 20.2. The minimum Gasteiger partial charge on any atom is -0.360 e. The van der Waals surface area contributed by atoms with Gasteiger partial charge < -0.3 is 9.88 Å². The highest BCUT2D eigenvalue weighted by molar-refractivity contribution is 6.30. The maximum atomic E-state index is 14.9. The molecule has 176 valence electrons. The number of hydrogen-bond acceptors (Lipinski definition) is 1. The summed E-state index contributed by atoms with van der Waals surface area (Å²) >= 11 is 5.99. The van der Waals surface area contributed by atoms with E-state index >= 15 is 0 Å². The first kappa shape index (κ1) is 24.0. The molecule has 4 aromatic rings. The van der Waals surface area contributed by atoms with E-state index in [0.717, 1.165) is 17.2 Å². The van der Waals surface area contributed by atoms with Crippen molar-refractivity contribution in [3.05, 3.63) is 106 Å². The molecule has 1 aromatic heterocycles. The van der Waals surface area contributed by atoms with Crippen LogP contribution >= 0.6 is 11.6 Å². The van der Waals surface area contributed by atoms with Gasteiger partial charge in [-0.25, -0.2) is 8.78 Å². The number of amides is 1. The van der Waals surface area contributed by atoms with Gasteiger partial charge in [0.05, 0.1) is 5.52 Å². The van der Waals surface area contributed by atoms with Crippen LogP contribution in [-0.2, 0) is 18.4 Å². The molecule has 0 fully saturated rings. The molecule has 0 aliphatic rings. The number of carbonyl (C=O) groups excluding carboxylic acids is 1. The number of nitrogens with zero attached hydrogens (tertiary/aromatic N) is 1. The predicted octanol–water partition coefficient (Wildman–Crippen LogP) is 7.28. The van der Waals surface area contributed by atoms with E-state index < -0.39 is 17.5 Å². The molecule has 0 aliphatic carbocycles. The Kier molecular flexibility index (Phi) is 6.76. The van der Waals surface area contributed by atoms with Crippen molar-refractivity contribution in [3.63, 3.8) is 0 Å². The van der Waals surface area contributed by atoms with Crippen LogP contribution in [0.5, 0.6) is 0 Å². The fourth-order valence-electron chi connectivity index (χ4n) is 4.00. The molecular weight excluding hydrogens is 454 g/mol. The van der Waals surface area contributed by atoms with Crippen molar-refractivity contribution in [1.29, 1.82) is 0 Å². The molecule has 0 saturated heterocycles. The zero-order chi connectivity index (χ0) is 24.5. The van der Waals surface area contributed by atoms with Crippen molar-refractivity contribution in [2.75, 3.05) is 6.54 Å². The van der Waals surface area contributed by atoms with Crippen molar-refractivity contribution in [3.8, 4) is 0 Å². The Morgan fingerprint density at radius 1 is 0.971 bits per heavy atom. The summed E-state index contributed by atoms with van der Waals surface area (Å²) in [5, 5.41) is 1.08. The lowest BCUT2D eigenvalue weighted by atomic mass is 9.87. The summed E-state index contributed by atoms with van der Waals surface area (Å²) in [5.41, 5.74) is 3.12. The Morgan fingerprint density at radius 2 is 1.62 bits per heavy atom. The van der Waals surface area contributed by atoms with E-state index in [9.17, 15) is 13.6 Å². The molecule has 0 saturated carbocycles. The average molecular weight is 481 g/mol. The van der Waals surface area contributed by atoms with Gasteiger partial charge in [0.15, 0.2) is 11.6 Å². The smallest absolute Gasteiger partial charge is 0.259 e. The molecule has 0 aliphatic heterocycles. The number of fused-ring (bicyclic) bond motifs is 1. The lowest BCUT2D eigenvalue weighted by molar-refractivity contribution is 0.0741. The zero-order valence-electron chi connectivity index (χ0n) is 19.5. The largest absolute Gasteiger partial charge is 0.360 e. The maximum Gasteiger partial charge on any atom is 0.259 e. The van der Waals surface area contributed by atoms with Crippen LogP contribution in [0.25, 0.3) is 10.9 Å². The summed E-state index contributed by atoms with van der Waals surface area (Å²) in [6, 6.07) is 18.2. The van der Waals surface area contributed by atoms with Crippen LogP contribution in [0.15, 0.2) is 66.9 Å². The van der Waals surface area contributed by atoms with E-state index in [1.54, 1.807) is 29.3 Å². The van der Waals surface area contributed by atoms with Crippen molar-refractivity contribution < 1.29 is 13.6 Å². The molecule has 4 rings (SSSR count). The Labute approximate surface area is 203 Å². The molecule has 1 N–H and O–H groups in total. The lowest BCUT2D eigenvalue weighted by Gasteiger charge is -2.25. The number of H-pyrrole nitrogens is 1. The fraction of sp³-hybridized carbons (Fsp3) is 0.250. The third kappa shape index (κ3) is 5.15. The quantitative estimate of drug-likeness (QED) is 0.309. The van der Waals surface area contributed by atoms with Gasteiger partial charge in [-0.05, 0) is 52.8 Å². The number of aromatic amines is 1. The van der Waals surface area contributed by atoms with Gasteiger partial charge in [-0.3, -0.25) is 4.79 Å². The van der Waals surface area contributed by atoms with Gasteiger partial charge in [0.1, 0.15) is 5.56 Å². The highest BCUT2D eigenvalue weighted by atomic mass is 35.5. The number of rotatable bonds is 6. The van der Waals surface area contributed by atoms with Crippen LogP contribution in [0, 0.1) is 11.6 Å². The molecule has 0 radical (unpaired) electrons. The highest BCUT2D eigenvalue weighted by Gasteiger charge is 2.26. The van der Waals surface area contributed by atoms with Gasteiger partial charge in [-0.1, -0.05) is 68.8 Å². The van der Waals surface area contributed by atoms with Gasteiger partial charge in [-0.15, -0.1) is 0 Å². The first-order valence-electron chi connectivity index (χ1n) is 11.2. The second-order valence-corrected chi connectivity index (χ2v) is 9.98. The third-order valence-electron chi connectivity index (χ3n) is 6.02. The Balaban J connectivity index is 1.67. The first-order chi connectivity index (χ1) is 16.1. The van der Waals surface area contributed by atoms with Crippen LogP contribution in [0.2, 0.25) is 5.02 Å². The molecule has 0 spiro atoms. The normalized spacial score (nSPS) is 11.7. The highest BCUT2D eigenvalue weighted by Crippen LogP contribution is 2.26. The number of aromatic nitrogens is 1.